The lowest BCUT2D eigenvalue weighted by atomic mass is 10.1. The molecule has 0 saturated heterocycles. The number of fused-ring (bicyclic) bond motifs is 1. The van der Waals surface area contributed by atoms with Gasteiger partial charge in [-0.05, 0) is 48.7 Å². The molecule has 3 aromatic rings. The van der Waals surface area contributed by atoms with Crippen molar-refractivity contribution in [3.63, 3.8) is 0 Å². The second-order valence-electron chi connectivity index (χ2n) is 6.27. The van der Waals surface area contributed by atoms with Gasteiger partial charge < -0.3 is 9.73 Å². The van der Waals surface area contributed by atoms with E-state index in [1.807, 2.05) is 0 Å². The van der Waals surface area contributed by atoms with Gasteiger partial charge in [0.05, 0.1) is 10.3 Å². The van der Waals surface area contributed by atoms with E-state index in [4.69, 9.17) is 21.2 Å². The number of rotatable bonds is 5. The van der Waals surface area contributed by atoms with E-state index in [1.165, 1.54) is 18.2 Å². The zero-order valence-corrected chi connectivity index (χ0v) is 16.4. The van der Waals surface area contributed by atoms with Crippen molar-refractivity contribution in [2.75, 3.05) is 6.54 Å². The molecule has 1 heterocycles. The predicted molar refractivity (Wildman–Crippen MR) is 106 cm³/mol. The Morgan fingerprint density at radius 3 is 2.50 bits per heavy atom. The fourth-order valence-electron chi connectivity index (χ4n) is 2.64. The number of amides is 1. The molecule has 3 rings (SSSR count). The third-order valence-electron chi connectivity index (χ3n) is 4.18. The van der Waals surface area contributed by atoms with Crippen LogP contribution in [0.3, 0.4) is 0 Å². The lowest BCUT2D eigenvalue weighted by molar-refractivity contribution is 0.0927. The first kappa shape index (κ1) is 20.1. The standard InChI is InChI=1S/C19H17ClN2O5S/c1-11-8-17-14(9-15(11)20)16(23)10-18(27-17)19(24)22-7-6-12-2-4-13(5-3-12)28(21,25)26/h2-5,8-10H,6-7H2,1H3,(H,22,24)(H2,21,25,26). The van der Waals surface area contributed by atoms with Crippen molar-refractivity contribution in [3.8, 4) is 0 Å². The van der Waals surface area contributed by atoms with E-state index in [0.29, 0.717) is 16.8 Å². The fraction of sp³-hybridized carbons (Fsp3) is 0.158. The molecular formula is C19H17ClN2O5S. The molecule has 0 spiro atoms. The molecule has 1 aromatic heterocycles. The van der Waals surface area contributed by atoms with Gasteiger partial charge >= 0.3 is 0 Å². The summed E-state index contributed by atoms with van der Waals surface area (Å²) < 4.78 is 28.0. The summed E-state index contributed by atoms with van der Waals surface area (Å²) in [5.74, 6) is -0.614. The minimum atomic E-state index is -3.74. The van der Waals surface area contributed by atoms with Crippen molar-refractivity contribution in [3.05, 3.63) is 74.6 Å². The summed E-state index contributed by atoms with van der Waals surface area (Å²) >= 11 is 6.02. The second kappa shape index (κ2) is 7.75. The maximum Gasteiger partial charge on any atom is 0.287 e. The van der Waals surface area contributed by atoms with E-state index >= 15 is 0 Å². The van der Waals surface area contributed by atoms with E-state index in [1.54, 1.807) is 25.1 Å². The van der Waals surface area contributed by atoms with Gasteiger partial charge in [0.15, 0.2) is 11.2 Å². The maximum absolute atomic E-state index is 12.3. The summed E-state index contributed by atoms with van der Waals surface area (Å²) in [6.07, 6.45) is 0.461. The zero-order chi connectivity index (χ0) is 20.5. The predicted octanol–water partition coefficient (Wildman–Crippen LogP) is 2.37. The second-order valence-corrected chi connectivity index (χ2v) is 8.24. The number of halogens is 1. The van der Waals surface area contributed by atoms with Gasteiger partial charge in [-0.15, -0.1) is 0 Å². The molecular weight excluding hydrogens is 404 g/mol. The van der Waals surface area contributed by atoms with Crippen LogP contribution >= 0.6 is 11.6 Å². The van der Waals surface area contributed by atoms with Gasteiger partial charge in [-0.1, -0.05) is 23.7 Å². The Kier molecular flexibility index (Phi) is 5.55. The highest BCUT2D eigenvalue weighted by Crippen LogP contribution is 2.22. The lowest BCUT2D eigenvalue weighted by Crippen LogP contribution is -2.26. The molecule has 0 fully saturated rings. The summed E-state index contributed by atoms with van der Waals surface area (Å²) in [5.41, 5.74) is 1.49. The first-order valence-electron chi connectivity index (χ1n) is 8.29. The van der Waals surface area contributed by atoms with Gasteiger partial charge in [0.25, 0.3) is 5.91 Å². The van der Waals surface area contributed by atoms with E-state index in [2.05, 4.69) is 5.32 Å². The molecule has 7 nitrogen and oxygen atoms in total. The number of hydrogen-bond donors (Lipinski definition) is 2. The molecule has 0 saturated carbocycles. The third-order valence-corrected chi connectivity index (χ3v) is 5.52. The van der Waals surface area contributed by atoms with Gasteiger partial charge in [0.2, 0.25) is 10.0 Å². The van der Waals surface area contributed by atoms with Crippen LogP contribution in [0.1, 0.15) is 21.7 Å². The molecule has 0 radical (unpaired) electrons. The van der Waals surface area contributed by atoms with Crippen LogP contribution in [0, 0.1) is 6.92 Å². The first-order valence-corrected chi connectivity index (χ1v) is 10.2. The van der Waals surface area contributed by atoms with Crippen LogP contribution < -0.4 is 15.9 Å². The Labute approximate surface area is 166 Å². The average Bonchev–Trinajstić information content (AvgIpc) is 2.63. The van der Waals surface area contributed by atoms with Crippen molar-refractivity contribution in [1.29, 1.82) is 0 Å². The monoisotopic (exact) mass is 420 g/mol. The van der Waals surface area contributed by atoms with E-state index < -0.39 is 15.9 Å². The molecule has 2 aromatic carbocycles. The van der Waals surface area contributed by atoms with Crippen LogP contribution in [0.25, 0.3) is 11.0 Å². The Morgan fingerprint density at radius 2 is 1.86 bits per heavy atom. The molecule has 0 aliphatic heterocycles. The van der Waals surface area contributed by atoms with Gasteiger partial charge in [-0.2, -0.15) is 0 Å². The topological polar surface area (TPSA) is 119 Å². The number of nitrogens with two attached hydrogens (primary N) is 1. The first-order chi connectivity index (χ1) is 13.1. The molecule has 0 aliphatic carbocycles. The molecule has 146 valence electrons. The van der Waals surface area contributed by atoms with Crippen LogP contribution in [-0.2, 0) is 16.4 Å². The minimum Gasteiger partial charge on any atom is -0.451 e. The van der Waals surface area contributed by atoms with E-state index in [-0.39, 0.29) is 28.2 Å². The largest absolute Gasteiger partial charge is 0.451 e. The molecule has 0 atom stereocenters. The van der Waals surface area contributed by atoms with E-state index in [9.17, 15) is 18.0 Å². The van der Waals surface area contributed by atoms with Crippen molar-refractivity contribution in [1.82, 2.24) is 5.32 Å². The summed E-state index contributed by atoms with van der Waals surface area (Å²) in [4.78, 5) is 24.5. The number of sulfonamides is 1. The SMILES string of the molecule is Cc1cc2oc(C(=O)NCCc3ccc(S(N)(=O)=O)cc3)cc(=O)c2cc1Cl. The quantitative estimate of drug-likeness (QED) is 0.656. The number of aryl methyl sites for hydroxylation is 1. The minimum absolute atomic E-state index is 0.0219. The van der Waals surface area contributed by atoms with Crippen LogP contribution in [-0.4, -0.2) is 20.9 Å². The number of carbonyl (C=O) groups is 1. The number of benzene rings is 2. The van der Waals surface area contributed by atoms with Crippen molar-refractivity contribution in [2.45, 2.75) is 18.2 Å². The fourth-order valence-corrected chi connectivity index (χ4v) is 3.32. The Hall–Kier alpha value is -2.68. The molecule has 0 bridgehead atoms. The van der Waals surface area contributed by atoms with Gasteiger partial charge in [-0.25, -0.2) is 13.6 Å². The van der Waals surface area contributed by atoms with Crippen molar-refractivity contribution >= 4 is 38.5 Å². The molecule has 0 unspecified atom stereocenters. The molecule has 1 amide bonds. The zero-order valence-electron chi connectivity index (χ0n) is 14.9. The highest BCUT2D eigenvalue weighted by atomic mass is 35.5. The van der Waals surface area contributed by atoms with Crippen LogP contribution in [0.2, 0.25) is 5.02 Å². The van der Waals surface area contributed by atoms with Gasteiger partial charge in [-0.3, -0.25) is 9.59 Å². The smallest absolute Gasteiger partial charge is 0.287 e. The summed E-state index contributed by atoms with van der Waals surface area (Å²) in [6.45, 7) is 2.05. The molecule has 9 heteroatoms. The summed E-state index contributed by atoms with van der Waals surface area (Å²) in [5, 5.41) is 8.48. The van der Waals surface area contributed by atoms with Gasteiger partial charge in [0.1, 0.15) is 5.58 Å². The van der Waals surface area contributed by atoms with Gasteiger partial charge in [0, 0.05) is 17.6 Å². The Balaban J connectivity index is 1.70. The number of nitrogens with one attached hydrogen (secondary N) is 1. The highest BCUT2D eigenvalue weighted by Gasteiger charge is 2.13. The normalized spacial score (nSPS) is 11.5. The molecule has 0 aliphatic rings. The lowest BCUT2D eigenvalue weighted by Gasteiger charge is -2.07. The molecule has 28 heavy (non-hydrogen) atoms. The van der Waals surface area contributed by atoms with E-state index in [0.717, 1.165) is 17.2 Å². The van der Waals surface area contributed by atoms with Crippen molar-refractivity contribution in [2.24, 2.45) is 5.14 Å². The maximum atomic E-state index is 12.3. The average molecular weight is 421 g/mol. The summed E-state index contributed by atoms with van der Waals surface area (Å²) in [6, 6.07) is 10.3. The summed E-state index contributed by atoms with van der Waals surface area (Å²) in [7, 11) is -3.74. The van der Waals surface area contributed by atoms with Crippen LogP contribution in [0.5, 0.6) is 0 Å². The number of carbonyl (C=O) groups excluding carboxylic acids is 1. The molecule has 3 N–H and O–H groups in total. The van der Waals surface area contributed by atoms with Crippen LogP contribution in [0.15, 0.2) is 56.6 Å². The third kappa shape index (κ3) is 4.41. The number of primary sulfonamides is 1. The number of hydrogen-bond acceptors (Lipinski definition) is 5. The Bertz CT molecular complexity index is 1220. The Morgan fingerprint density at radius 1 is 1.18 bits per heavy atom. The highest BCUT2D eigenvalue weighted by molar-refractivity contribution is 7.89. The van der Waals surface area contributed by atoms with Crippen LogP contribution in [0.4, 0.5) is 0 Å². The van der Waals surface area contributed by atoms with Crippen molar-refractivity contribution < 1.29 is 17.6 Å².